The third kappa shape index (κ3) is 3.96. The van der Waals surface area contributed by atoms with Crippen molar-refractivity contribution in [3.63, 3.8) is 0 Å². The Hall–Kier alpha value is -3.02. The fraction of sp³-hybridized carbons (Fsp3) is 0.300. The monoisotopic (exact) mass is 349 g/mol. The third-order valence-electron chi connectivity index (χ3n) is 4.22. The zero-order valence-electron chi connectivity index (χ0n) is 15.3. The normalized spacial score (nSPS) is 12.0. The van der Waals surface area contributed by atoms with Crippen LogP contribution in [-0.4, -0.2) is 25.7 Å². The molecule has 0 aliphatic rings. The SMILES string of the molecule is CCCn1ncnc1-c1cccc(C(=O)NC(C)c2ccc(C)nc2)c1. The molecule has 0 radical (unpaired) electrons. The quantitative estimate of drug-likeness (QED) is 0.739. The summed E-state index contributed by atoms with van der Waals surface area (Å²) >= 11 is 0. The number of carbonyl (C=O) groups excluding carboxylic acids is 1. The van der Waals surface area contributed by atoms with Crippen LogP contribution >= 0.6 is 0 Å². The van der Waals surface area contributed by atoms with Crippen molar-refractivity contribution in [2.24, 2.45) is 0 Å². The van der Waals surface area contributed by atoms with Gasteiger partial charge < -0.3 is 5.32 Å². The number of rotatable bonds is 6. The zero-order chi connectivity index (χ0) is 18.5. The highest BCUT2D eigenvalue weighted by Crippen LogP contribution is 2.19. The Morgan fingerprint density at radius 1 is 1.23 bits per heavy atom. The van der Waals surface area contributed by atoms with Gasteiger partial charge in [0.05, 0.1) is 6.04 Å². The van der Waals surface area contributed by atoms with Crippen molar-refractivity contribution in [2.75, 3.05) is 0 Å². The molecule has 6 nitrogen and oxygen atoms in total. The van der Waals surface area contributed by atoms with Crippen LogP contribution in [0.1, 0.15) is 47.9 Å². The lowest BCUT2D eigenvalue weighted by Crippen LogP contribution is -2.26. The molecule has 1 atom stereocenters. The molecule has 1 N–H and O–H groups in total. The zero-order valence-corrected chi connectivity index (χ0v) is 15.3. The fourth-order valence-electron chi connectivity index (χ4n) is 2.76. The summed E-state index contributed by atoms with van der Waals surface area (Å²) in [5.74, 6) is 0.652. The molecule has 134 valence electrons. The van der Waals surface area contributed by atoms with Gasteiger partial charge in [0.1, 0.15) is 6.33 Å². The lowest BCUT2D eigenvalue weighted by atomic mass is 10.1. The summed E-state index contributed by atoms with van der Waals surface area (Å²) in [5.41, 5.74) is 3.41. The Morgan fingerprint density at radius 2 is 2.08 bits per heavy atom. The second-order valence-corrected chi connectivity index (χ2v) is 6.32. The van der Waals surface area contributed by atoms with E-state index in [0.717, 1.165) is 35.6 Å². The Morgan fingerprint density at radius 3 is 2.81 bits per heavy atom. The maximum Gasteiger partial charge on any atom is 0.251 e. The number of aromatic nitrogens is 4. The van der Waals surface area contributed by atoms with Crippen molar-refractivity contribution in [2.45, 2.75) is 39.8 Å². The lowest BCUT2D eigenvalue weighted by molar-refractivity contribution is 0.0940. The van der Waals surface area contributed by atoms with Gasteiger partial charge in [-0.3, -0.25) is 9.78 Å². The van der Waals surface area contributed by atoms with E-state index in [0.29, 0.717) is 5.56 Å². The highest BCUT2D eigenvalue weighted by atomic mass is 16.1. The van der Waals surface area contributed by atoms with Crippen LogP contribution in [0.3, 0.4) is 0 Å². The molecule has 6 heteroatoms. The number of carbonyl (C=O) groups is 1. The van der Waals surface area contributed by atoms with E-state index in [1.54, 1.807) is 18.6 Å². The number of nitrogens with one attached hydrogen (secondary N) is 1. The van der Waals surface area contributed by atoms with Gasteiger partial charge >= 0.3 is 0 Å². The van der Waals surface area contributed by atoms with Crippen LogP contribution in [0, 0.1) is 6.92 Å². The molecule has 3 aromatic rings. The molecule has 2 aromatic heterocycles. The van der Waals surface area contributed by atoms with Crippen LogP contribution in [0.5, 0.6) is 0 Å². The predicted molar refractivity (Wildman–Crippen MR) is 101 cm³/mol. The van der Waals surface area contributed by atoms with Gasteiger partial charge in [-0.05, 0) is 44.0 Å². The number of nitrogens with zero attached hydrogens (tertiary/aromatic N) is 4. The van der Waals surface area contributed by atoms with Crippen LogP contribution in [0.25, 0.3) is 11.4 Å². The Kier molecular flexibility index (Phi) is 5.41. The highest BCUT2D eigenvalue weighted by molar-refractivity contribution is 5.95. The Labute approximate surface area is 153 Å². The van der Waals surface area contributed by atoms with Crippen LogP contribution in [0.4, 0.5) is 0 Å². The topological polar surface area (TPSA) is 72.7 Å². The van der Waals surface area contributed by atoms with Gasteiger partial charge in [-0.25, -0.2) is 9.67 Å². The lowest BCUT2D eigenvalue weighted by Gasteiger charge is -2.14. The van der Waals surface area contributed by atoms with Crippen LogP contribution in [0.15, 0.2) is 48.9 Å². The van der Waals surface area contributed by atoms with E-state index in [1.807, 2.05) is 48.9 Å². The molecule has 0 saturated carbocycles. The minimum Gasteiger partial charge on any atom is -0.345 e. The maximum atomic E-state index is 12.7. The molecule has 0 spiro atoms. The first-order valence-corrected chi connectivity index (χ1v) is 8.80. The molecular weight excluding hydrogens is 326 g/mol. The molecule has 2 heterocycles. The minimum absolute atomic E-state index is 0.122. The third-order valence-corrected chi connectivity index (χ3v) is 4.22. The number of hydrogen-bond acceptors (Lipinski definition) is 4. The number of amides is 1. The number of aryl methyl sites for hydroxylation is 2. The maximum absolute atomic E-state index is 12.7. The summed E-state index contributed by atoms with van der Waals surface area (Å²) in [6.45, 7) is 6.78. The van der Waals surface area contributed by atoms with E-state index in [2.05, 4.69) is 27.3 Å². The second kappa shape index (κ2) is 7.91. The molecule has 26 heavy (non-hydrogen) atoms. The van der Waals surface area contributed by atoms with Gasteiger partial charge in [0.15, 0.2) is 5.82 Å². The Balaban J connectivity index is 1.78. The highest BCUT2D eigenvalue weighted by Gasteiger charge is 2.14. The van der Waals surface area contributed by atoms with E-state index in [-0.39, 0.29) is 11.9 Å². The molecule has 3 rings (SSSR count). The summed E-state index contributed by atoms with van der Waals surface area (Å²) in [7, 11) is 0. The average Bonchev–Trinajstić information content (AvgIpc) is 3.11. The summed E-state index contributed by atoms with van der Waals surface area (Å²) in [6, 6.07) is 11.3. The second-order valence-electron chi connectivity index (χ2n) is 6.32. The molecular formula is C20H23N5O. The number of benzene rings is 1. The molecule has 1 amide bonds. The van der Waals surface area contributed by atoms with Crippen LogP contribution in [0.2, 0.25) is 0 Å². The molecule has 0 aliphatic carbocycles. The van der Waals surface area contributed by atoms with E-state index >= 15 is 0 Å². The summed E-state index contributed by atoms with van der Waals surface area (Å²) < 4.78 is 1.86. The van der Waals surface area contributed by atoms with E-state index in [9.17, 15) is 4.79 Å². The van der Waals surface area contributed by atoms with Gasteiger partial charge in [0, 0.05) is 29.6 Å². The predicted octanol–water partition coefficient (Wildman–Crippen LogP) is 3.55. The molecule has 1 aromatic carbocycles. The number of hydrogen-bond donors (Lipinski definition) is 1. The molecule has 1 unspecified atom stereocenters. The molecule has 0 fully saturated rings. The van der Waals surface area contributed by atoms with E-state index in [1.165, 1.54) is 0 Å². The van der Waals surface area contributed by atoms with E-state index in [4.69, 9.17) is 0 Å². The van der Waals surface area contributed by atoms with Crippen molar-refractivity contribution >= 4 is 5.91 Å². The fourth-order valence-corrected chi connectivity index (χ4v) is 2.76. The average molecular weight is 349 g/mol. The van der Waals surface area contributed by atoms with Crippen molar-refractivity contribution < 1.29 is 4.79 Å². The first-order chi connectivity index (χ1) is 12.6. The van der Waals surface area contributed by atoms with Crippen LogP contribution in [-0.2, 0) is 6.54 Å². The number of pyridine rings is 1. The van der Waals surface area contributed by atoms with Gasteiger partial charge in [-0.1, -0.05) is 25.1 Å². The van der Waals surface area contributed by atoms with Gasteiger partial charge in [0.25, 0.3) is 5.91 Å². The first-order valence-electron chi connectivity index (χ1n) is 8.80. The summed E-state index contributed by atoms with van der Waals surface area (Å²) in [6.07, 6.45) is 4.31. The Bertz CT molecular complexity index is 885. The van der Waals surface area contributed by atoms with Crippen molar-refractivity contribution in [1.29, 1.82) is 0 Å². The molecule has 0 bridgehead atoms. The molecule has 0 saturated heterocycles. The smallest absolute Gasteiger partial charge is 0.251 e. The van der Waals surface area contributed by atoms with Gasteiger partial charge in [0.2, 0.25) is 0 Å². The first kappa shape index (κ1) is 17.8. The minimum atomic E-state index is -0.124. The van der Waals surface area contributed by atoms with Crippen LogP contribution < -0.4 is 5.32 Å². The molecule has 0 aliphatic heterocycles. The van der Waals surface area contributed by atoms with Crippen molar-refractivity contribution in [1.82, 2.24) is 25.1 Å². The summed E-state index contributed by atoms with van der Waals surface area (Å²) in [5, 5.41) is 7.27. The largest absolute Gasteiger partial charge is 0.345 e. The summed E-state index contributed by atoms with van der Waals surface area (Å²) in [4.78, 5) is 21.3. The van der Waals surface area contributed by atoms with E-state index < -0.39 is 0 Å². The van der Waals surface area contributed by atoms with Crippen molar-refractivity contribution in [3.05, 3.63) is 65.7 Å². The van der Waals surface area contributed by atoms with Gasteiger partial charge in [-0.15, -0.1) is 0 Å². The standard InChI is InChI=1S/C20H23N5O/c1-4-10-25-19(22-13-23-25)16-6-5-7-17(11-16)20(26)24-15(3)18-9-8-14(2)21-12-18/h5-9,11-13,15H,4,10H2,1-3H3,(H,24,26). The van der Waals surface area contributed by atoms with Crippen molar-refractivity contribution in [3.8, 4) is 11.4 Å². The van der Waals surface area contributed by atoms with Gasteiger partial charge in [-0.2, -0.15) is 5.10 Å².